The Balaban J connectivity index is 1.74. The zero-order valence-electron chi connectivity index (χ0n) is 13.3. The van der Waals surface area contributed by atoms with Crippen LogP contribution >= 0.6 is 11.3 Å². The highest BCUT2D eigenvalue weighted by molar-refractivity contribution is 7.21. The molecule has 1 aromatic heterocycles. The van der Waals surface area contributed by atoms with Gasteiger partial charge in [0, 0.05) is 30.9 Å². The third kappa shape index (κ3) is 2.96. The second-order valence-corrected chi connectivity index (χ2v) is 6.90. The molecule has 23 heavy (non-hydrogen) atoms. The minimum atomic E-state index is -0.984. The summed E-state index contributed by atoms with van der Waals surface area (Å²) in [6, 6.07) is 8.03. The molecule has 0 aliphatic carbocycles. The van der Waals surface area contributed by atoms with Crippen molar-refractivity contribution in [1.29, 1.82) is 0 Å². The van der Waals surface area contributed by atoms with E-state index >= 15 is 0 Å². The number of amides is 2. The van der Waals surface area contributed by atoms with Crippen molar-refractivity contribution in [3.05, 3.63) is 34.7 Å². The number of carbonyl (C=O) groups is 2. The van der Waals surface area contributed by atoms with Gasteiger partial charge in [0.15, 0.2) is 0 Å². The fourth-order valence-corrected chi connectivity index (χ4v) is 4.09. The van der Waals surface area contributed by atoms with Crippen LogP contribution in [-0.2, 0) is 4.79 Å². The number of aryl methyl sites for hydroxylation is 1. The first-order chi connectivity index (χ1) is 11.0. The molecular weight excluding hydrogens is 312 g/mol. The number of carbonyl (C=O) groups excluding carboxylic acids is 2. The van der Waals surface area contributed by atoms with Crippen LogP contribution in [-0.4, -0.2) is 59.0 Å². The number of rotatable bonds is 2. The number of piperazine rings is 1. The fraction of sp³-hybridized carbons (Fsp3) is 0.412. The Labute approximate surface area is 139 Å². The summed E-state index contributed by atoms with van der Waals surface area (Å²) in [5.41, 5.74) is 1.03. The quantitative estimate of drug-likeness (QED) is 0.913. The molecule has 2 amide bonds. The summed E-state index contributed by atoms with van der Waals surface area (Å²) < 4.78 is 1.12. The maximum absolute atomic E-state index is 12.8. The lowest BCUT2D eigenvalue weighted by Crippen LogP contribution is -2.52. The standard InChI is InChI=1S/C17H20N2O3S/c1-11-13-5-3-4-6-14(13)23-15(11)17(22)19-9-7-18(8-10-19)16(21)12(2)20/h3-6,12,20H,7-10H2,1-2H3. The van der Waals surface area contributed by atoms with Gasteiger partial charge in [0.1, 0.15) is 6.10 Å². The van der Waals surface area contributed by atoms with Gasteiger partial charge in [-0.25, -0.2) is 0 Å². The van der Waals surface area contributed by atoms with Gasteiger partial charge in [0.25, 0.3) is 11.8 Å². The summed E-state index contributed by atoms with van der Waals surface area (Å²) in [6.45, 7) is 5.41. The van der Waals surface area contributed by atoms with Gasteiger partial charge >= 0.3 is 0 Å². The molecule has 1 saturated heterocycles. The number of thiophene rings is 1. The summed E-state index contributed by atoms with van der Waals surface area (Å²) in [7, 11) is 0. The molecule has 0 radical (unpaired) electrons. The van der Waals surface area contributed by atoms with Crippen molar-refractivity contribution < 1.29 is 14.7 Å². The van der Waals surface area contributed by atoms with Gasteiger partial charge < -0.3 is 14.9 Å². The minimum absolute atomic E-state index is 0.0350. The van der Waals surface area contributed by atoms with Crippen molar-refractivity contribution in [2.75, 3.05) is 26.2 Å². The largest absolute Gasteiger partial charge is 0.384 e. The Hall–Kier alpha value is -1.92. The zero-order chi connectivity index (χ0) is 16.6. The summed E-state index contributed by atoms with van der Waals surface area (Å²) in [5, 5.41) is 10.5. The maximum Gasteiger partial charge on any atom is 0.264 e. The molecule has 2 aromatic rings. The van der Waals surface area contributed by atoms with Crippen LogP contribution < -0.4 is 0 Å². The number of aliphatic hydroxyl groups excluding tert-OH is 1. The first-order valence-electron chi connectivity index (χ1n) is 7.73. The molecule has 1 fully saturated rings. The molecule has 0 bridgehead atoms. The molecule has 5 nitrogen and oxygen atoms in total. The smallest absolute Gasteiger partial charge is 0.264 e. The molecule has 1 atom stereocenters. The molecule has 1 N–H and O–H groups in total. The summed E-state index contributed by atoms with van der Waals surface area (Å²) in [4.78, 5) is 28.8. The summed E-state index contributed by atoms with van der Waals surface area (Å²) in [6.07, 6.45) is -0.984. The topological polar surface area (TPSA) is 60.9 Å². The lowest BCUT2D eigenvalue weighted by atomic mass is 10.1. The van der Waals surface area contributed by atoms with Crippen LogP contribution in [0.5, 0.6) is 0 Å². The van der Waals surface area contributed by atoms with Gasteiger partial charge in [-0.2, -0.15) is 0 Å². The third-order valence-corrected chi connectivity index (χ3v) is 5.53. The maximum atomic E-state index is 12.8. The van der Waals surface area contributed by atoms with Crippen LogP contribution in [0.15, 0.2) is 24.3 Å². The van der Waals surface area contributed by atoms with Gasteiger partial charge in [-0.05, 0) is 30.9 Å². The van der Waals surface area contributed by atoms with Crippen LogP contribution in [0.1, 0.15) is 22.2 Å². The number of benzene rings is 1. The number of fused-ring (bicyclic) bond motifs is 1. The summed E-state index contributed by atoms with van der Waals surface area (Å²) in [5.74, 6) is -0.233. The van der Waals surface area contributed by atoms with Gasteiger partial charge in [-0.3, -0.25) is 9.59 Å². The fourth-order valence-electron chi connectivity index (χ4n) is 2.92. The van der Waals surface area contributed by atoms with E-state index in [-0.39, 0.29) is 11.8 Å². The highest BCUT2D eigenvalue weighted by Gasteiger charge is 2.28. The predicted molar refractivity (Wildman–Crippen MR) is 90.7 cm³/mol. The number of nitrogens with zero attached hydrogens (tertiary/aromatic N) is 2. The molecule has 1 unspecified atom stereocenters. The van der Waals surface area contributed by atoms with Crippen molar-refractivity contribution in [1.82, 2.24) is 9.80 Å². The van der Waals surface area contributed by atoms with Crippen molar-refractivity contribution >= 4 is 33.2 Å². The first kappa shape index (κ1) is 16.0. The van der Waals surface area contributed by atoms with E-state index in [9.17, 15) is 14.7 Å². The molecule has 1 aromatic carbocycles. The van der Waals surface area contributed by atoms with E-state index < -0.39 is 6.10 Å². The first-order valence-corrected chi connectivity index (χ1v) is 8.55. The molecule has 2 heterocycles. The van der Waals surface area contributed by atoms with Crippen LogP contribution in [0.4, 0.5) is 0 Å². The van der Waals surface area contributed by atoms with Crippen molar-refractivity contribution in [2.24, 2.45) is 0 Å². The summed E-state index contributed by atoms with van der Waals surface area (Å²) >= 11 is 1.53. The van der Waals surface area contributed by atoms with Gasteiger partial charge in [0.2, 0.25) is 0 Å². The number of hydrogen-bond acceptors (Lipinski definition) is 4. The average molecular weight is 332 g/mol. The van der Waals surface area contributed by atoms with Crippen molar-refractivity contribution in [2.45, 2.75) is 20.0 Å². The van der Waals surface area contributed by atoms with Crippen LogP contribution in [0, 0.1) is 6.92 Å². The van der Waals surface area contributed by atoms with E-state index in [0.29, 0.717) is 26.2 Å². The minimum Gasteiger partial charge on any atom is -0.384 e. The van der Waals surface area contributed by atoms with Gasteiger partial charge in [-0.15, -0.1) is 11.3 Å². The second kappa shape index (κ2) is 6.29. The Bertz CT molecular complexity index is 745. The number of hydrogen-bond donors (Lipinski definition) is 1. The predicted octanol–water partition coefficient (Wildman–Crippen LogP) is 1.87. The molecule has 0 saturated carbocycles. The normalized spacial score (nSPS) is 16.7. The molecule has 122 valence electrons. The third-order valence-electron chi connectivity index (χ3n) is 4.27. The molecular formula is C17H20N2O3S. The highest BCUT2D eigenvalue weighted by Crippen LogP contribution is 2.31. The molecule has 6 heteroatoms. The molecule has 0 spiro atoms. The zero-order valence-corrected chi connectivity index (χ0v) is 14.1. The van der Waals surface area contributed by atoms with Crippen molar-refractivity contribution in [3.63, 3.8) is 0 Å². The molecule has 1 aliphatic heterocycles. The van der Waals surface area contributed by atoms with E-state index in [1.165, 1.54) is 18.3 Å². The van der Waals surface area contributed by atoms with E-state index in [0.717, 1.165) is 20.5 Å². The van der Waals surface area contributed by atoms with Crippen LogP contribution in [0.3, 0.4) is 0 Å². The van der Waals surface area contributed by atoms with E-state index in [2.05, 4.69) is 0 Å². The molecule has 1 aliphatic rings. The van der Waals surface area contributed by atoms with Crippen LogP contribution in [0.25, 0.3) is 10.1 Å². The lowest BCUT2D eigenvalue weighted by Gasteiger charge is -2.35. The van der Waals surface area contributed by atoms with Crippen LogP contribution in [0.2, 0.25) is 0 Å². The number of aliphatic hydroxyl groups is 1. The monoisotopic (exact) mass is 332 g/mol. The van der Waals surface area contributed by atoms with Gasteiger partial charge in [-0.1, -0.05) is 18.2 Å². The molecule has 3 rings (SSSR count). The highest BCUT2D eigenvalue weighted by atomic mass is 32.1. The average Bonchev–Trinajstić information content (AvgIpc) is 2.91. The Morgan fingerprint density at radius 2 is 1.74 bits per heavy atom. The van der Waals surface area contributed by atoms with Gasteiger partial charge in [0.05, 0.1) is 4.88 Å². The SMILES string of the molecule is Cc1c(C(=O)N2CCN(C(=O)C(C)O)CC2)sc2ccccc12. The second-order valence-electron chi connectivity index (χ2n) is 5.85. The lowest BCUT2D eigenvalue weighted by molar-refractivity contribution is -0.140. The Morgan fingerprint density at radius 1 is 1.13 bits per heavy atom. The Kier molecular flexibility index (Phi) is 4.37. The Morgan fingerprint density at radius 3 is 2.35 bits per heavy atom. The van der Waals surface area contributed by atoms with E-state index in [4.69, 9.17) is 0 Å². The van der Waals surface area contributed by atoms with E-state index in [1.807, 2.05) is 31.2 Å². The van der Waals surface area contributed by atoms with Crippen molar-refractivity contribution in [3.8, 4) is 0 Å². The van der Waals surface area contributed by atoms with E-state index in [1.54, 1.807) is 9.80 Å².